The number of anilines is 1. The Hall–Kier alpha value is -2.50. The maximum atomic E-state index is 13.2. The number of nitrogens with zero attached hydrogens (tertiary/aromatic N) is 2. The molecule has 1 aliphatic rings. The quantitative estimate of drug-likeness (QED) is 0.594. The van der Waals surface area contributed by atoms with Crippen LogP contribution in [0.5, 0.6) is 0 Å². The van der Waals surface area contributed by atoms with Crippen LogP contribution in [0.4, 0.5) is 10.1 Å². The summed E-state index contributed by atoms with van der Waals surface area (Å²) in [6, 6.07) is 20.7. The highest BCUT2D eigenvalue weighted by atomic mass is 32.1. The molecule has 0 radical (unpaired) electrons. The van der Waals surface area contributed by atoms with Crippen molar-refractivity contribution < 1.29 is 9.18 Å². The number of carbonyl (C=O) groups excluding carboxylic acids is 1. The van der Waals surface area contributed by atoms with Gasteiger partial charge in [-0.25, -0.2) is 4.39 Å². The largest absolute Gasteiger partial charge is 0.305 e. The lowest BCUT2D eigenvalue weighted by Crippen LogP contribution is -2.47. The van der Waals surface area contributed by atoms with Crippen LogP contribution < -0.4 is 4.90 Å². The smallest absolute Gasteiger partial charge is 0.268 e. The summed E-state index contributed by atoms with van der Waals surface area (Å²) in [7, 11) is 0. The molecular weight excluding hydrogens is 371 g/mol. The maximum absolute atomic E-state index is 13.2. The summed E-state index contributed by atoms with van der Waals surface area (Å²) >= 11 is 1.49. The fraction of sp³-hybridized carbons (Fsp3) is 0.261. The molecule has 1 amide bonds. The van der Waals surface area contributed by atoms with Crippen molar-refractivity contribution in [1.82, 2.24) is 4.90 Å². The number of rotatable bonds is 5. The lowest BCUT2D eigenvalue weighted by Gasteiger charge is -2.38. The Morgan fingerprint density at radius 2 is 1.71 bits per heavy atom. The molecule has 3 aromatic rings. The minimum absolute atomic E-state index is 0.0817. The van der Waals surface area contributed by atoms with Crippen LogP contribution in [0.1, 0.15) is 28.1 Å². The molecule has 0 bridgehead atoms. The average molecular weight is 395 g/mol. The summed E-state index contributed by atoms with van der Waals surface area (Å²) in [5.74, 6) is -0.119. The third-order valence-electron chi connectivity index (χ3n) is 5.23. The fourth-order valence-electron chi connectivity index (χ4n) is 3.79. The van der Waals surface area contributed by atoms with Gasteiger partial charge in [-0.1, -0.05) is 36.4 Å². The number of hydrogen-bond acceptors (Lipinski definition) is 3. The van der Waals surface area contributed by atoms with Gasteiger partial charge in [-0.2, -0.15) is 0 Å². The van der Waals surface area contributed by atoms with Crippen molar-refractivity contribution in [2.24, 2.45) is 0 Å². The number of para-hydroxylation sites is 1. The Labute approximate surface area is 169 Å². The summed E-state index contributed by atoms with van der Waals surface area (Å²) in [5.41, 5.74) is 2.08. The zero-order chi connectivity index (χ0) is 19.3. The standard InChI is InChI=1S/C23H23FN2OS/c24-19-10-8-18(9-11-19)17-25-14-12-21(13-15-25)26(20-5-2-1-3-6-20)23(27)22-7-4-16-28-22/h1-11,16,21H,12-15,17H2. The summed E-state index contributed by atoms with van der Waals surface area (Å²) in [5, 5.41) is 1.95. The van der Waals surface area contributed by atoms with Gasteiger partial charge in [0.15, 0.2) is 0 Å². The van der Waals surface area contributed by atoms with Crippen LogP contribution in [0.2, 0.25) is 0 Å². The topological polar surface area (TPSA) is 23.6 Å². The number of carbonyl (C=O) groups is 1. The maximum Gasteiger partial charge on any atom is 0.268 e. The first-order valence-corrected chi connectivity index (χ1v) is 10.5. The molecule has 1 fully saturated rings. The van der Waals surface area contributed by atoms with Crippen molar-refractivity contribution in [2.45, 2.75) is 25.4 Å². The molecular formula is C23H23FN2OS. The second-order valence-corrected chi connectivity index (χ2v) is 8.07. The van der Waals surface area contributed by atoms with Crippen LogP contribution in [0.15, 0.2) is 72.1 Å². The summed E-state index contributed by atoms with van der Waals surface area (Å²) < 4.78 is 13.1. The van der Waals surface area contributed by atoms with E-state index in [0.717, 1.165) is 48.6 Å². The number of piperidine rings is 1. The highest BCUT2D eigenvalue weighted by Crippen LogP contribution is 2.27. The third-order valence-corrected chi connectivity index (χ3v) is 6.08. The van der Waals surface area contributed by atoms with E-state index in [2.05, 4.69) is 4.90 Å². The van der Waals surface area contributed by atoms with Gasteiger partial charge in [0.05, 0.1) is 4.88 Å². The van der Waals surface area contributed by atoms with E-state index in [9.17, 15) is 9.18 Å². The second-order valence-electron chi connectivity index (χ2n) is 7.12. The Balaban J connectivity index is 1.46. The number of benzene rings is 2. The van der Waals surface area contributed by atoms with E-state index in [4.69, 9.17) is 0 Å². The molecule has 5 heteroatoms. The number of likely N-dealkylation sites (tertiary alicyclic amines) is 1. The van der Waals surface area contributed by atoms with E-state index < -0.39 is 0 Å². The lowest BCUT2D eigenvalue weighted by molar-refractivity contribution is 0.0962. The van der Waals surface area contributed by atoms with Crippen molar-refractivity contribution in [3.8, 4) is 0 Å². The molecule has 1 aliphatic heterocycles. The van der Waals surface area contributed by atoms with E-state index >= 15 is 0 Å². The molecule has 144 valence electrons. The number of hydrogen-bond donors (Lipinski definition) is 0. The van der Waals surface area contributed by atoms with Crippen molar-refractivity contribution in [3.63, 3.8) is 0 Å². The van der Waals surface area contributed by atoms with E-state index in [0.29, 0.717) is 0 Å². The summed E-state index contributed by atoms with van der Waals surface area (Å²) in [6.45, 7) is 2.66. The molecule has 0 saturated carbocycles. The first-order chi connectivity index (χ1) is 13.7. The molecule has 4 rings (SSSR count). The van der Waals surface area contributed by atoms with Crippen molar-refractivity contribution >= 4 is 22.9 Å². The van der Waals surface area contributed by atoms with Gasteiger partial charge in [-0.15, -0.1) is 11.3 Å². The summed E-state index contributed by atoms with van der Waals surface area (Å²) in [4.78, 5) is 18.3. The molecule has 0 atom stereocenters. The first-order valence-electron chi connectivity index (χ1n) is 9.59. The third kappa shape index (κ3) is 4.32. The molecule has 2 aromatic carbocycles. The van der Waals surface area contributed by atoms with Crippen LogP contribution in [0.3, 0.4) is 0 Å². The number of halogens is 1. The Morgan fingerprint density at radius 3 is 2.36 bits per heavy atom. The van der Waals surface area contributed by atoms with Crippen LogP contribution in [-0.4, -0.2) is 29.9 Å². The van der Waals surface area contributed by atoms with Gasteiger partial charge in [0.1, 0.15) is 5.82 Å². The molecule has 3 nitrogen and oxygen atoms in total. The van der Waals surface area contributed by atoms with Crippen molar-refractivity contribution in [2.75, 3.05) is 18.0 Å². The Morgan fingerprint density at radius 1 is 1.00 bits per heavy atom. The van der Waals surface area contributed by atoms with E-state index in [-0.39, 0.29) is 17.8 Å². The molecule has 0 unspecified atom stereocenters. The SMILES string of the molecule is O=C(c1cccs1)N(c1ccccc1)C1CCN(Cc2ccc(F)cc2)CC1. The molecule has 28 heavy (non-hydrogen) atoms. The van der Waals surface area contributed by atoms with E-state index in [1.807, 2.05) is 64.9 Å². The minimum atomic E-state index is -0.201. The van der Waals surface area contributed by atoms with E-state index in [1.165, 1.54) is 23.5 Å². The lowest BCUT2D eigenvalue weighted by atomic mass is 10.0. The Bertz CT molecular complexity index is 888. The molecule has 1 aromatic heterocycles. The minimum Gasteiger partial charge on any atom is -0.305 e. The number of thiophene rings is 1. The highest BCUT2D eigenvalue weighted by Gasteiger charge is 2.30. The second kappa shape index (κ2) is 8.67. The molecule has 1 saturated heterocycles. The molecule has 0 aliphatic carbocycles. The molecule has 2 heterocycles. The monoisotopic (exact) mass is 394 g/mol. The molecule has 0 N–H and O–H groups in total. The highest BCUT2D eigenvalue weighted by molar-refractivity contribution is 7.12. The predicted octanol–water partition coefficient (Wildman–Crippen LogP) is 5.20. The Kier molecular flexibility index (Phi) is 5.84. The molecule has 0 spiro atoms. The van der Waals surface area contributed by atoms with Crippen LogP contribution in [-0.2, 0) is 6.54 Å². The van der Waals surface area contributed by atoms with Gasteiger partial charge in [0.2, 0.25) is 0 Å². The van der Waals surface area contributed by atoms with Gasteiger partial charge < -0.3 is 4.90 Å². The van der Waals surface area contributed by atoms with Crippen LogP contribution in [0, 0.1) is 5.82 Å². The van der Waals surface area contributed by atoms with Crippen molar-refractivity contribution in [1.29, 1.82) is 0 Å². The zero-order valence-corrected chi connectivity index (χ0v) is 16.4. The first kappa shape index (κ1) is 18.8. The average Bonchev–Trinajstić information content (AvgIpc) is 3.27. The van der Waals surface area contributed by atoms with Gasteiger partial charge in [-0.3, -0.25) is 9.69 Å². The van der Waals surface area contributed by atoms with Gasteiger partial charge in [0.25, 0.3) is 5.91 Å². The zero-order valence-electron chi connectivity index (χ0n) is 15.6. The van der Waals surface area contributed by atoms with Crippen LogP contribution >= 0.6 is 11.3 Å². The van der Waals surface area contributed by atoms with Gasteiger partial charge >= 0.3 is 0 Å². The number of amides is 1. The normalized spacial score (nSPS) is 15.5. The summed E-state index contributed by atoms with van der Waals surface area (Å²) in [6.07, 6.45) is 1.85. The van der Waals surface area contributed by atoms with E-state index in [1.54, 1.807) is 0 Å². The van der Waals surface area contributed by atoms with Crippen LogP contribution in [0.25, 0.3) is 0 Å². The van der Waals surface area contributed by atoms with Gasteiger partial charge in [-0.05, 0) is 54.1 Å². The van der Waals surface area contributed by atoms with Crippen molar-refractivity contribution in [3.05, 3.63) is 88.4 Å². The predicted molar refractivity (Wildman–Crippen MR) is 112 cm³/mol. The van der Waals surface area contributed by atoms with Gasteiger partial charge in [0, 0.05) is 31.4 Å². The fourth-order valence-corrected chi connectivity index (χ4v) is 4.45.